The summed E-state index contributed by atoms with van der Waals surface area (Å²) in [6, 6.07) is 21.7. The van der Waals surface area contributed by atoms with Crippen LogP contribution in [0.3, 0.4) is 0 Å². The first-order valence-corrected chi connectivity index (χ1v) is 8.27. The SMILES string of the molecule is NC(N)=S.Nc1ccc2nc3ccc(N)cc3[n+](-c3ccccc3)c2c1.[Cl-]. The minimum Gasteiger partial charge on any atom is -1.00 e. The molecule has 4 rings (SSSR count). The van der Waals surface area contributed by atoms with Crippen LogP contribution in [0, 0.1) is 0 Å². The molecule has 0 atom stereocenters. The number of hydrogen-bond donors (Lipinski definition) is 4. The Morgan fingerprint density at radius 1 is 0.778 bits per heavy atom. The van der Waals surface area contributed by atoms with Gasteiger partial charge in [0.2, 0.25) is 16.7 Å². The van der Waals surface area contributed by atoms with Gasteiger partial charge < -0.3 is 35.3 Å². The number of benzene rings is 3. The zero-order valence-corrected chi connectivity index (χ0v) is 15.9. The van der Waals surface area contributed by atoms with Gasteiger partial charge in [0, 0.05) is 35.6 Å². The third-order valence-corrected chi connectivity index (χ3v) is 3.74. The average molecular weight is 399 g/mol. The maximum atomic E-state index is 5.98. The molecule has 1 heterocycles. The largest absolute Gasteiger partial charge is 1.00 e. The lowest BCUT2D eigenvalue weighted by Gasteiger charge is -2.06. The standard InChI is InChI=1S/C18H14N4.CH4N2S.ClH/c19-12-6-8-15-17(10-12)22(14-4-2-1-3-5-14)18-11-13(20)7-9-16(18)21-15;2-1(3)4;/h1-11H,(H3,19,20);(H4,2,3,4);1H. The van der Waals surface area contributed by atoms with Gasteiger partial charge in [-0.2, -0.15) is 0 Å². The normalized spacial score (nSPS) is 9.93. The Morgan fingerprint density at radius 2 is 1.22 bits per heavy atom. The van der Waals surface area contributed by atoms with E-state index < -0.39 is 0 Å². The Labute approximate surface area is 168 Å². The average Bonchev–Trinajstić information content (AvgIpc) is 2.60. The lowest BCUT2D eigenvalue weighted by atomic mass is 10.2. The van der Waals surface area contributed by atoms with Crippen molar-refractivity contribution in [2.24, 2.45) is 11.5 Å². The Hall–Kier alpha value is -3.16. The van der Waals surface area contributed by atoms with Crippen LogP contribution in [-0.2, 0) is 0 Å². The van der Waals surface area contributed by atoms with Gasteiger partial charge in [0.1, 0.15) is 11.0 Å². The van der Waals surface area contributed by atoms with Crippen LogP contribution in [0.15, 0.2) is 66.7 Å². The predicted molar refractivity (Wildman–Crippen MR) is 111 cm³/mol. The second-order valence-corrected chi connectivity index (χ2v) is 6.15. The molecule has 0 spiro atoms. The maximum Gasteiger partial charge on any atom is 0.239 e. The Balaban J connectivity index is 0.000000479. The van der Waals surface area contributed by atoms with Gasteiger partial charge in [-0.3, -0.25) is 0 Å². The van der Waals surface area contributed by atoms with Gasteiger partial charge in [0.15, 0.2) is 5.11 Å². The molecule has 0 aliphatic rings. The van der Waals surface area contributed by atoms with Gasteiger partial charge in [0.25, 0.3) is 0 Å². The fourth-order valence-corrected chi connectivity index (χ4v) is 2.74. The monoisotopic (exact) mass is 398 g/mol. The molecule has 0 amide bonds. The third kappa shape index (κ3) is 4.52. The van der Waals surface area contributed by atoms with Crippen molar-refractivity contribution < 1.29 is 17.0 Å². The van der Waals surface area contributed by atoms with Gasteiger partial charge >= 0.3 is 0 Å². The van der Waals surface area contributed by atoms with Crippen molar-refractivity contribution in [3.8, 4) is 5.69 Å². The van der Waals surface area contributed by atoms with Gasteiger partial charge in [-0.05, 0) is 36.5 Å². The molecule has 0 saturated carbocycles. The number of hydrogen-bond acceptors (Lipinski definition) is 4. The smallest absolute Gasteiger partial charge is 0.239 e. The number of nitrogens with zero attached hydrogens (tertiary/aromatic N) is 2. The molecule has 0 bridgehead atoms. The fourth-order valence-electron chi connectivity index (χ4n) is 2.74. The molecule has 0 aliphatic heterocycles. The summed E-state index contributed by atoms with van der Waals surface area (Å²) >= 11 is 4.09. The molecule has 0 fully saturated rings. The van der Waals surface area contributed by atoms with Crippen molar-refractivity contribution in [2.45, 2.75) is 0 Å². The van der Waals surface area contributed by atoms with Crippen LogP contribution < -0.4 is 39.9 Å². The van der Waals surface area contributed by atoms with E-state index in [-0.39, 0.29) is 17.5 Å². The number of halogens is 1. The van der Waals surface area contributed by atoms with E-state index in [1.807, 2.05) is 54.6 Å². The summed E-state index contributed by atoms with van der Waals surface area (Å²) in [5, 5.41) is 0.000000000000000222. The van der Waals surface area contributed by atoms with Crippen LogP contribution in [0.1, 0.15) is 0 Å². The molecule has 27 heavy (non-hydrogen) atoms. The lowest BCUT2D eigenvalue weighted by molar-refractivity contribution is -0.538. The summed E-state index contributed by atoms with van der Waals surface area (Å²) in [5.41, 5.74) is 27.4. The maximum absolute atomic E-state index is 5.98. The second kappa shape index (κ2) is 8.48. The van der Waals surface area contributed by atoms with Crippen molar-refractivity contribution in [1.29, 1.82) is 0 Å². The molecule has 0 unspecified atom stereocenters. The van der Waals surface area contributed by atoms with Crippen LogP contribution in [0.2, 0.25) is 0 Å². The Kier molecular flexibility index (Phi) is 6.33. The summed E-state index contributed by atoms with van der Waals surface area (Å²) in [5.74, 6) is 0. The summed E-state index contributed by atoms with van der Waals surface area (Å²) in [4.78, 5) is 4.71. The number of thiocarbonyl (C=S) groups is 1. The summed E-state index contributed by atoms with van der Waals surface area (Å²) in [6.07, 6.45) is 0. The first-order chi connectivity index (χ1) is 12.5. The van der Waals surface area contributed by atoms with Gasteiger partial charge in [-0.1, -0.05) is 18.2 Å². The Morgan fingerprint density at radius 3 is 1.67 bits per heavy atom. The van der Waals surface area contributed by atoms with Crippen molar-refractivity contribution in [3.05, 3.63) is 66.7 Å². The number of anilines is 2. The van der Waals surface area contributed by atoms with Gasteiger partial charge in [-0.15, -0.1) is 4.57 Å². The molecule has 8 heteroatoms. The highest BCUT2D eigenvalue weighted by Crippen LogP contribution is 2.20. The fraction of sp³-hybridized carbons (Fsp3) is 0. The van der Waals surface area contributed by atoms with E-state index in [4.69, 9.17) is 16.5 Å². The van der Waals surface area contributed by atoms with Crippen molar-refractivity contribution in [2.75, 3.05) is 11.5 Å². The van der Waals surface area contributed by atoms with E-state index in [0.717, 1.165) is 27.8 Å². The summed E-state index contributed by atoms with van der Waals surface area (Å²) in [7, 11) is 0. The van der Waals surface area contributed by atoms with Crippen molar-refractivity contribution >= 4 is 50.8 Å². The molecule has 3 aromatic carbocycles. The van der Waals surface area contributed by atoms with Gasteiger partial charge in [0.05, 0.1) is 0 Å². The minimum atomic E-state index is 0. The molecule has 6 nitrogen and oxygen atoms in total. The number of aromatic nitrogens is 2. The first kappa shape index (κ1) is 20.2. The highest BCUT2D eigenvalue weighted by atomic mass is 35.5. The molecule has 8 N–H and O–H groups in total. The highest BCUT2D eigenvalue weighted by Gasteiger charge is 2.19. The van der Waals surface area contributed by atoms with Crippen LogP contribution in [0.4, 0.5) is 11.4 Å². The van der Waals surface area contributed by atoms with Crippen LogP contribution in [0.25, 0.3) is 27.8 Å². The number of rotatable bonds is 1. The quantitative estimate of drug-likeness (QED) is 0.141. The third-order valence-electron chi connectivity index (χ3n) is 3.74. The van der Waals surface area contributed by atoms with Crippen molar-refractivity contribution in [3.63, 3.8) is 0 Å². The zero-order valence-electron chi connectivity index (χ0n) is 14.3. The topological polar surface area (TPSA) is 121 Å². The van der Waals surface area contributed by atoms with E-state index in [0.29, 0.717) is 11.4 Å². The number of nitrogens with two attached hydrogens (primary N) is 4. The molecule has 0 saturated heterocycles. The molecule has 0 aliphatic carbocycles. The van der Waals surface area contributed by atoms with Crippen LogP contribution in [-0.4, -0.2) is 10.1 Å². The Bertz CT molecular complexity index is 1040. The molecule has 4 aromatic rings. The van der Waals surface area contributed by atoms with Crippen LogP contribution >= 0.6 is 12.2 Å². The lowest BCUT2D eigenvalue weighted by Crippen LogP contribution is -3.00. The van der Waals surface area contributed by atoms with E-state index in [1.165, 1.54) is 0 Å². The molecular weight excluding hydrogens is 380 g/mol. The van der Waals surface area contributed by atoms with Crippen LogP contribution in [0.5, 0.6) is 0 Å². The van der Waals surface area contributed by atoms with E-state index in [9.17, 15) is 0 Å². The second-order valence-electron chi connectivity index (χ2n) is 5.68. The number of para-hydroxylation sites is 1. The summed E-state index contributed by atoms with van der Waals surface area (Å²) < 4.78 is 2.14. The summed E-state index contributed by atoms with van der Waals surface area (Å²) in [6.45, 7) is 0. The predicted octanol–water partition coefficient (Wildman–Crippen LogP) is -0.978. The van der Waals surface area contributed by atoms with E-state index in [1.54, 1.807) is 0 Å². The van der Waals surface area contributed by atoms with Gasteiger partial charge in [-0.25, -0.2) is 4.98 Å². The highest BCUT2D eigenvalue weighted by molar-refractivity contribution is 7.80. The van der Waals surface area contributed by atoms with Crippen molar-refractivity contribution in [1.82, 2.24) is 4.98 Å². The zero-order chi connectivity index (χ0) is 18.7. The molecule has 1 aromatic heterocycles. The minimum absolute atomic E-state index is 0. The van der Waals surface area contributed by atoms with E-state index >= 15 is 0 Å². The first-order valence-electron chi connectivity index (χ1n) is 7.86. The molecule has 138 valence electrons. The number of nitrogen functional groups attached to an aromatic ring is 2. The van der Waals surface area contributed by atoms with E-state index in [2.05, 4.69) is 40.4 Å². The molecule has 0 radical (unpaired) electrons. The molecular formula is C19H19ClN6S. The number of fused-ring (bicyclic) bond motifs is 2.